The summed E-state index contributed by atoms with van der Waals surface area (Å²) >= 11 is 0. The zero-order valence-electron chi connectivity index (χ0n) is 12.3. The van der Waals surface area contributed by atoms with Crippen LogP contribution in [0.3, 0.4) is 0 Å². The molecule has 1 heterocycles. The number of piperidine rings is 1. The average molecular weight is 292 g/mol. The van der Waals surface area contributed by atoms with Gasteiger partial charge in [0, 0.05) is 13.6 Å². The molecule has 0 aromatic rings. The van der Waals surface area contributed by atoms with E-state index in [0.717, 1.165) is 25.8 Å². The van der Waals surface area contributed by atoms with Crippen molar-refractivity contribution in [1.82, 2.24) is 15.5 Å². The van der Waals surface area contributed by atoms with Crippen molar-refractivity contribution in [3.05, 3.63) is 0 Å². The number of halogens is 1. The first-order valence-corrected chi connectivity index (χ1v) is 6.71. The topological polar surface area (TPSA) is 61.4 Å². The summed E-state index contributed by atoms with van der Waals surface area (Å²) in [5, 5.41) is 6.06. The van der Waals surface area contributed by atoms with E-state index in [0.29, 0.717) is 6.54 Å². The lowest BCUT2D eigenvalue weighted by Gasteiger charge is -2.34. The number of hydrogen-bond acceptors (Lipinski definition) is 3. The van der Waals surface area contributed by atoms with Crippen LogP contribution >= 0.6 is 12.4 Å². The third-order valence-electron chi connectivity index (χ3n) is 3.69. The number of nitrogens with zero attached hydrogens (tertiary/aromatic N) is 1. The van der Waals surface area contributed by atoms with Crippen LogP contribution in [-0.2, 0) is 9.59 Å². The fraction of sp³-hybridized carbons (Fsp3) is 0.846. The maximum atomic E-state index is 12.2. The maximum absolute atomic E-state index is 12.2. The number of rotatable bonds is 4. The molecule has 1 rings (SSSR count). The molecule has 1 aliphatic rings. The molecule has 6 heteroatoms. The fourth-order valence-corrected chi connectivity index (χ4v) is 2.15. The summed E-state index contributed by atoms with van der Waals surface area (Å²) in [7, 11) is 1.74. The van der Waals surface area contributed by atoms with E-state index in [1.807, 2.05) is 13.8 Å². The highest BCUT2D eigenvalue weighted by molar-refractivity contribution is 5.91. The van der Waals surface area contributed by atoms with E-state index in [-0.39, 0.29) is 24.2 Å². The molecular weight excluding hydrogens is 266 g/mol. The second-order valence-electron chi connectivity index (χ2n) is 5.26. The highest BCUT2D eigenvalue weighted by Crippen LogP contribution is 2.18. The first-order valence-electron chi connectivity index (χ1n) is 6.71. The molecule has 1 aliphatic heterocycles. The Morgan fingerprint density at radius 2 is 2.05 bits per heavy atom. The number of amides is 2. The van der Waals surface area contributed by atoms with Crippen LogP contribution in [0, 0.1) is 0 Å². The Labute approximate surface area is 121 Å². The molecule has 0 aliphatic carbocycles. The third-order valence-corrected chi connectivity index (χ3v) is 3.69. The molecule has 1 fully saturated rings. The van der Waals surface area contributed by atoms with Crippen molar-refractivity contribution in [2.45, 2.75) is 51.6 Å². The molecule has 2 unspecified atom stereocenters. The summed E-state index contributed by atoms with van der Waals surface area (Å²) in [4.78, 5) is 25.7. The number of hydrogen-bond donors (Lipinski definition) is 2. The molecule has 2 amide bonds. The Bertz CT molecular complexity index is 317. The van der Waals surface area contributed by atoms with Crippen LogP contribution in [0.15, 0.2) is 0 Å². The Hall–Kier alpha value is -0.810. The monoisotopic (exact) mass is 291 g/mol. The Morgan fingerprint density at radius 1 is 1.42 bits per heavy atom. The van der Waals surface area contributed by atoms with Gasteiger partial charge in [0.2, 0.25) is 11.8 Å². The minimum atomic E-state index is -0.530. The van der Waals surface area contributed by atoms with Gasteiger partial charge in [0.25, 0.3) is 0 Å². The zero-order chi connectivity index (χ0) is 13.8. The molecule has 0 aromatic heterocycles. The Kier molecular flexibility index (Phi) is 7.37. The minimum absolute atomic E-state index is 0. The van der Waals surface area contributed by atoms with Crippen molar-refractivity contribution < 1.29 is 9.59 Å². The Balaban J connectivity index is 0.00000324. The minimum Gasteiger partial charge on any atom is -0.344 e. The van der Waals surface area contributed by atoms with Gasteiger partial charge in [-0.3, -0.25) is 9.59 Å². The first kappa shape index (κ1) is 18.2. The maximum Gasteiger partial charge on any atom is 0.244 e. The molecule has 1 saturated heterocycles. The second-order valence-corrected chi connectivity index (χ2v) is 5.26. The SMILES string of the molecule is CCN(C)C(=O)C(C)NC(=O)C1(C)CCCCN1.Cl. The van der Waals surface area contributed by atoms with Crippen molar-refractivity contribution in [3.63, 3.8) is 0 Å². The largest absolute Gasteiger partial charge is 0.344 e. The van der Waals surface area contributed by atoms with Crippen LogP contribution < -0.4 is 10.6 Å². The summed E-state index contributed by atoms with van der Waals surface area (Å²) in [6.45, 7) is 7.06. The van der Waals surface area contributed by atoms with E-state index in [1.165, 1.54) is 0 Å². The van der Waals surface area contributed by atoms with Crippen molar-refractivity contribution in [2.75, 3.05) is 20.1 Å². The molecule has 0 bridgehead atoms. The van der Waals surface area contributed by atoms with Crippen molar-refractivity contribution in [1.29, 1.82) is 0 Å². The molecule has 19 heavy (non-hydrogen) atoms. The number of carbonyl (C=O) groups is 2. The van der Waals surface area contributed by atoms with Crippen molar-refractivity contribution >= 4 is 24.2 Å². The third kappa shape index (κ3) is 4.66. The predicted molar refractivity (Wildman–Crippen MR) is 78.4 cm³/mol. The van der Waals surface area contributed by atoms with Crippen molar-refractivity contribution in [2.24, 2.45) is 0 Å². The molecule has 0 radical (unpaired) electrons. The summed E-state index contributed by atoms with van der Waals surface area (Å²) < 4.78 is 0. The van der Waals surface area contributed by atoms with Gasteiger partial charge in [-0.05, 0) is 46.6 Å². The predicted octanol–water partition coefficient (Wildman–Crippen LogP) is 0.923. The normalized spacial score (nSPS) is 24.0. The standard InChI is InChI=1S/C13H25N3O2.ClH/c1-5-16(4)11(17)10(2)15-12(18)13(3)8-6-7-9-14-13;/h10,14H,5-9H2,1-4H3,(H,15,18);1H. The average Bonchev–Trinajstić information content (AvgIpc) is 2.37. The molecular formula is C13H26ClN3O2. The van der Waals surface area contributed by atoms with Crippen LogP contribution in [-0.4, -0.2) is 48.4 Å². The molecule has 0 saturated carbocycles. The molecule has 2 N–H and O–H groups in total. The van der Waals surface area contributed by atoms with Crippen LogP contribution in [0.4, 0.5) is 0 Å². The van der Waals surface area contributed by atoms with Gasteiger partial charge in [-0.25, -0.2) is 0 Å². The van der Waals surface area contributed by atoms with E-state index in [9.17, 15) is 9.59 Å². The van der Waals surface area contributed by atoms with E-state index >= 15 is 0 Å². The molecule has 5 nitrogen and oxygen atoms in total. The quantitative estimate of drug-likeness (QED) is 0.810. The summed E-state index contributed by atoms with van der Waals surface area (Å²) in [5.41, 5.74) is -0.530. The van der Waals surface area contributed by atoms with Crippen LogP contribution in [0.2, 0.25) is 0 Å². The highest BCUT2D eigenvalue weighted by atomic mass is 35.5. The number of carbonyl (C=O) groups excluding carboxylic acids is 2. The lowest BCUT2D eigenvalue weighted by Crippen LogP contribution is -2.60. The lowest BCUT2D eigenvalue weighted by atomic mass is 9.90. The van der Waals surface area contributed by atoms with E-state index in [4.69, 9.17) is 0 Å². The smallest absolute Gasteiger partial charge is 0.244 e. The molecule has 2 atom stereocenters. The van der Waals surface area contributed by atoms with Gasteiger partial charge in [0.15, 0.2) is 0 Å². The second kappa shape index (κ2) is 7.70. The van der Waals surface area contributed by atoms with Gasteiger partial charge in [-0.1, -0.05) is 0 Å². The lowest BCUT2D eigenvalue weighted by molar-refractivity contribution is -0.137. The van der Waals surface area contributed by atoms with Crippen LogP contribution in [0.5, 0.6) is 0 Å². The highest BCUT2D eigenvalue weighted by Gasteiger charge is 2.35. The van der Waals surface area contributed by atoms with Crippen LogP contribution in [0.25, 0.3) is 0 Å². The number of likely N-dealkylation sites (N-methyl/N-ethyl adjacent to an activating group) is 1. The molecule has 0 spiro atoms. The van der Waals surface area contributed by atoms with Gasteiger partial charge in [-0.2, -0.15) is 0 Å². The van der Waals surface area contributed by atoms with E-state index < -0.39 is 11.6 Å². The summed E-state index contributed by atoms with van der Waals surface area (Å²) in [5.74, 6) is -0.127. The van der Waals surface area contributed by atoms with Crippen LogP contribution in [0.1, 0.15) is 40.0 Å². The molecule has 0 aromatic carbocycles. The fourth-order valence-electron chi connectivity index (χ4n) is 2.15. The van der Waals surface area contributed by atoms with Gasteiger partial charge < -0.3 is 15.5 Å². The first-order chi connectivity index (χ1) is 8.40. The van der Waals surface area contributed by atoms with Crippen molar-refractivity contribution in [3.8, 4) is 0 Å². The summed E-state index contributed by atoms with van der Waals surface area (Å²) in [6, 6.07) is -0.469. The van der Waals surface area contributed by atoms with E-state index in [1.54, 1.807) is 18.9 Å². The van der Waals surface area contributed by atoms with E-state index in [2.05, 4.69) is 10.6 Å². The number of nitrogens with one attached hydrogen (secondary N) is 2. The zero-order valence-corrected chi connectivity index (χ0v) is 13.1. The summed E-state index contributed by atoms with van der Waals surface area (Å²) in [6.07, 6.45) is 2.98. The van der Waals surface area contributed by atoms with Gasteiger partial charge in [0.1, 0.15) is 6.04 Å². The Morgan fingerprint density at radius 3 is 2.53 bits per heavy atom. The van der Waals surface area contributed by atoms with Gasteiger partial charge in [0.05, 0.1) is 5.54 Å². The van der Waals surface area contributed by atoms with Gasteiger partial charge in [-0.15, -0.1) is 12.4 Å². The molecule has 112 valence electrons. The van der Waals surface area contributed by atoms with Gasteiger partial charge >= 0.3 is 0 Å².